The number of carbonyl (C=O) groups excluding carboxylic acids is 1. The zero-order chi connectivity index (χ0) is 18.9. The van der Waals surface area contributed by atoms with E-state index in [2.05, 4.69) is 12.2 Å². The lowest BCUT2D eigenvalue weighted by Crippen LogP contribution is -2.59. The first-order chi connectivity index (χ1) is 12.3. The van der Waals surface area contributed by atoms with Gasteiger partial charge in [-0.2, -0.15) is 4.31 Å². The molecule has 1 aromatic rings. The van der Waals surface area contributed by atoms with Gasteiger partial charge in [-0.3, -0.25) is 4.79 Å². The summed E-state index contributed by atoms with van der Waals surface area (Å²) in [6.45, 7) is 6.03. The highest BCUT2D eigenvalue weighted by Gasteiger charge is 2.37. The molecule has 0 saturated carbocycles. The van der Waals surface area contributed by atoms with Crippen LogP contribution in [0.1, 0.15) is 26.7 Å². The molecule has 2 heterocycles. The van der Waals surface area contributed by atoms with Gasteiger partial charge < -0.3 is 10.2 Å². The minimum absolute atomic E-state index is 0. The first-order valence-corrected chi connectivity index (χ1v) is 10.5. The summed E-state index contributed by atoms with van der Waals surface area (Å²) >= 11 is 0. The molecule has 0 aliphatic carbocycles. The average molecular weight is 420 g/mol. The summed E-state index contributed by atoms with van der Waals surface area (Å²) in [5.41, 5.74) is 0. The number of benzene rings is 1. The van der Waals surface area contributed by atoms with Gasteiger partial charge in [-0.05, 0) is 38.8 Å². The number of carbonyl (C=O) groups is 1. The molecule has 152 valence electrons. The summed E-state index contributed by atoms with van der Waals surface area (Å²) in [5.74, 6) is -0.807. The smallest absolute Gasteiger partial charge is 0.245 e. The third kappa shape index (κ3) is 4.45. The van der Waals surface area contributed by atoms with E-state index in [9.17, 15) is 17.6 Å². The standard InChI is InChI=1S/C18H26FN3O3S.ClH/c1-13-14(2)22(12-9-20-13)18(23)15-7-10-21(11-8-15)26(24,25)17-6-4-3-5-16(17)19;/h3-6,13-15,20H,7-12H2,1-2H3;1H. The number of halogens is 2. The van der Waals surface area contributed by atoms with Crippen molar-refractivity contribution in [3.05, 3.63) is 30.1 Å². The molecular weight excluding hydrogens is 393 g/mol. The Labute approximate surface area is 166 Å². The Balaban J connectivity index is 0.00000261. The van der Waals surface area contributed by atoms with Crippen molar-refractivity contribution in [1.29, 1.82) is 0 Å². The maximum Gasteiger partial charge on any atom is 0.245 e. The van der Waals surface area contributed by atoms with Crippen molar-refractivity contribution in [1.82, 2.24) is 14.5 Å². The van der Waals surface area contributed by atoms with E-state index < -0.39 is 15.8 Å². The van der Waals surface area contributed by atoms with Crippen LogP contribution in [0.5, 0.6) is 0 Å². The van der Waals surface area contributed by atoms with Gasteiger partial charge in [-0.15, -0.1) is 12.4 Å². The lowest BCUT2D eigenvalue weighted by molar-refractivity contribution is -0.140. The minimum Gasteiger partial charge on any atom is -0.337 e. The Morgan fingerprint density at radius 1 is 1.15 bits per heavy atom. The number of rotatable bonds is 3. The quantitative estimate of drug-likeness (QED) is 0.811. The normalized spacial score (nSPS) is 25.1. The van der Waals surface area contributed by atoms with Gasteiger partial charge in [0.2, 0.25) is 15.9 Å². The fourth-order valence-corrected chi connectivity index (χ4v) is 5.27. The third-order valence-electron chi connectivity index (χ3n) is 5.57. The van der Waals surface area contributed by atoms with E-state index in [4.69, 9.17) is 0 Å². The van der Waals surface area contributed by atoms with Crippen molar-refractivity contribution in [2.45, 2.75) is 43.7 Å². The van der Waals surface area contributed by atoms with Crippen molar-refractivity contribution in [3.8, 4) is 0 Å². The molecule has 0 spiro atoms. The van der Waals surface area contributed by atoms with Crippen LogP contribution < -0.4 is 5.32 Å². The molecule has 27 heavy (non-hydrogen) atoms. The summed E-state index contributed by atoms with van der Waals surface area (Å²) in [6.07, 6.45) is 0.940. The van der Waals surface area contributed by atoms with Crippen molar-refractivity contribution in [2.75, 3.05) is 26.2 Å². The van der Waals surface area contributed by atoms with Crippen LogP contribution in [0.3, 0.4) is 0 Å². The Bertz CT molecular complexity index is 769. The molecule has 0 bridgehead atoms. The fraction of sp³-hybridized carbons (Fsp3) is 0.611. The van der Waals surface area contributed by atoms with Crippen LogP contribution in [0, 0.1) is 11.7 Å². The highest BCUT2D eigenvalue weighted by molar-refractivity contribution is 7.89. The molecule has 1 aromatic carbocycles. The maximum absolute atomic E-state index is 13.9. The SMILES string of the molecule is CC1NCCN(C(=O)C2CCN(S(=O)(=O)c3ccccc3F)CC2)C1C.Cl. The predicted molar refractivity (Wildman–Crippen MR) is 104 cm³/mol. The van der Waals surface area contributed by atoms with Gasteiger partial charge in [0.1, 0.15) is 10.7 Å². The topological polar surface area (TPSA) is 69.7 Å². The number of hydrogen-bond acceptors (Lipinski definition) is 4. The Kier molecular flexibility index (Phi) is 7.24. The van der Waals surface area contributed by atoms with Crippen molar-refractivity contribution in [2.24, 2.45) is 5.92 Å². The molecular formula is C18H27ClFN3O3S. The number of amides is 1. The molecule has 2 atom stereocenters. The van der Waals surface area contributed by atoms with Crippen molar-refractivity contribution in [3.63, 3.8) is 0 Å². The Hall–Kier alpha value is -1.22. The summed E-state index contributed by atoms with van der Waals surface area (Å²) in [4.78, 5) is 14.5. The van der Waals surface area contributed by atoms with E-state index in [0.29, 0.717) is 19.4 Å². The van der Waals surface area contributed by atoms with E-state index in [1.807, 2.05) is 11.8 Å². The van der Waals surface area contributed by atoms with Gasteiger partial charge in [0.05, 0.1) is 0 Å². The monoisotopic (exact) mass is 419 g/mol. The summed E-state index contributed by atoms with van der Waals surface area (Å²) < 4.78 is 40.5. The van der Waals surface area contributed by atoms with Gasteiger partial charge in [-0.1, -0.05) is 12.1 Å². The van der Waals surface area contributed by atoms with Gasteiger partial charge in [0, 0.05) is 44.2 Å². The number of nitrogens with zero attached hydrogens (tertiary/aromatic N) is 2. The number of nitrogens with one attached hydrogen (secondary N) is 1. The third-order valence-corrected chi connectivity index (χ3v) is 7.51. The van der Waals surface area contributed by atoms with Crippen molar-refractivity contribution >= 4 is 28.3 Å². The van der Waals surface area contributed by atoms with Crippen LogP contribution in [0.2, 0.25) is 0 Å². The molecule has 2 unspecified atom stereocenters. The molecule has 3 rings (SSSR count). The zero-order valence-electron chi connectivity index (χ0n) is 15.6. The molecule has 6 nitrogen and oxygen atoms in total. The molecule has 2 aliphatic rings. The highest BCUT2D eigenvalue weighted by Crippen LogP contribution is 2.27. The molecule has 1 amide bonds. The van der Waals surface area contributed by atoms with E-state index in [-0.39, 0.29) is 54.3 Å². The van der Waals surface area contributed by atoms with Crippen LogP contribution in [0.25, 0.3) is 0 Å². The summed E-state index contributed by atoms with van der Waals surface area (Å²) in [7, 11) is -3.86. The first kappa shape index (κ1) is 22.1. The summed E-state index contributed by atoms with van der Waals surface area (Å²) in [6, 6.07) is 5.78. The maximum atomic E-state index is 13.9. The molecule has 2 saturated heterocycles. The van der Waals surface area contributed by atoms with Gasteiger partial charge in [0.25, 0.3) is 0 Å². The number of piperazine rings is 1. The van der Waals surface area contributed by atoms with Crippen LogP contribution in [-0.4, -0.2) is 61.8 Å². The molecule has 0 aromatic heterocycles. The molecule has 2 aliphatic heterocycles. The fourth-order valence-electron chi connectivity index (χ4n) is 3.74. The predicted octanol–water partition coefficient (Wildman–Crippen LogP) is 1.86. The Morgan fingerprint density at radius 2 is 1.78 bits per heavy atom. The second-order valence-corrected chi connectivity index (χ2v) is 9.03. The van der Waals surface area contributed by atoms with Crippen molar-refractivity contribution < 1.29 is 17.6 Å². The van der Waals surface area contributed by atoms with Crippen LogP contribution in [-0.2, 0) is 14.8 Å². The van der Waals surface area contributed by atoms with E-state index >= 15 is 0 Å². The van der Waals surface area contributed by atoms with Gasteiger partial charge >= 0.3 is 0 Å². The lowest BCUT2D eigenvalue weighted by Gasteiger charge is -2.41. The molecule has 1 N–H and O–H groups in total. The van der Waals surface area contributed by atoms with Crippen LogP contribution in [0.15, 0.2) is 29.2 Å². The Morgan fingerprint density at radius 3 is 2.41 bits per heavy atom. The highest BCUT2D eigenvalue weighted by atomic mass is 35.5. The largest absolute Gasteiger partial charge is 0.337 e. The molecule has 9 heteroatoms. The van der Waals surface area contributed by atoms with E-state index in [1.165, 1.54) is 22.5 Å². The van der Waals surface area contributed by atoms with Crippen LogP contribution in [0.4, 0.5) is 4.39 Å². The van der Waals surface area contributed by atoms with Gasteiger partial charge in [0.15, 0.2) is 0 Å². The second-order valence-electron chi connectivity index (χ2n) is 7.12. The number of piperidine rings is 1. The molecule has 0 radical (unpaired) electrons. The van der Waals surface area contributed by atoms with E-state index in [0.717, 1.165) is 12.6 Å². The number of sulfonamides is 1. The van der Waals surface area contributed by atoms with Gasteiger partial charge in [-0.25, -0.2) is 12.8 Å². The average Bonchev–Trinajstić information content (AvgIpc) is 2.64. The molecule has 2 fully saturated rings. The number of hydrogen-bond donors (Lipinski definition) is 1. The second kappa shape index (κ2) is 8.86. The first-order valence-electron chi connectivity index (χ1n) is 9.11. The van der Waals surface area contributed by atoms with E-state index in [1.54, 1.807) is 0 Å². The minimum atomic E-state index is -3.86. The summed E-state index contributed by atoms with van der Waals surface area (Å²) in [5, 5.41) is 3.35. The lowest BCUT2D eigenvalue weighted by atomic mass is 9.94. The van der Waals surface area contributed by atoms with Crippen LogP contribution >= 0.6 is 12.4 Å². The zero-order valence-corrected chi connectivity index (χ0v) is 17.2.